The molecule has 0 aromatic heterocycles. The summed E-state index contributed by atoms with van der Waals surface area (Å²) in [6.07, 6.45) is 2.95. The number of carbonyl (C=O) groups is 1. The molecule has 0 unspecified atom stereocenters. The summed E-state index contributed by atoms with van der Waals surface area (Å²) >= 11 is 2.72. The van der Waals surface area contributed by atoms with Gasteiger partial charge in [0.2, 0.25) is 0 Å². The van der Waals surface area contributed by atoms with E-state index in [1.54, 1.807) is 6.92 Å². The van der Waals surface area contributed by atoms with Gasteiger partial charge in [-0.25, -0.2) is 0 Å². The van der Waals surface area contributed by atoms with Crippen LogP contribution in [0.15, 0.2) is 0 Å². The summed E-state index contributed by atoms with van der Waals surface area (Å²) in [6, 6.07) is 0. The first-order chi connectivity index (χ1) is 4.27. The van der Waals surface area contributed by atoms with Gasteiger partial charge in [0.1, 0.15) is 0 Å². The molecule has 0 saturated heterocycles. The molecule has 0 N–H and O–H groups in total. The van der Waals surface area contributed by atoms with Gasteiger partial charge in [-0.05, 0) is 0 Å². The SMILES string of the molecule is CC(=O)CCC[B][I-]I. The quantitative estimate of drug-likeness (QED) is 0.347. The van der Waals surface area contributed by atoms with Gasteiger partial charge >= 0.3 is 77.4 Å². The minimum atomic E-state index is 0.309. The van der Waals surface area contributed by atoms with Gasteiger partial charge in [0.25, 0.3) is 0 Å². The molecule has 0 aromatic carbocycles. The third kappa shape index (κ3) is 9.19. The molecule has 9 heavy (non-hydrogen) atoms. The maximum atomic E-state index is 10.4. The first kappa shape index (κ1) is 10.2. The van der Waals surface area contributed by atoms with Crippen molar-refractivity contribution in [2.45, 2.75) is 26.1 Å². The molecule has 1 radical (unpaired) electrons. The van der Waals surface area contributed by atoms with E-state index < -0.39 is 0 Å². The van der Waals surface area contributed by atoms with Crippen LogP contribution in [0.4, 0.5) is 0 Å². The summed E-state index contributed by atoms with van der Waals surface area (Å²) in [7, 11) is 0. The third-order valence-corrected chi connectivity index (χ3v) is 4.09. The molecule has 0 bridgehead atoms. The fraction of sp³-hybridized carbons (Fsp3) is 0.800. The molecule has 0 fully saturated rings. The van der Waals surface area contributed by atoms with Crippen LogP contribution < -0.4 is 17.0 Å². The van der Waals surface area contributed by atoms with Crippen LogP contribution in [0.5, 0.6) is 0 Å². The van der Waals surface area contributed by atoms with Crippen LogP contribution in [0.25, 0.3) is 0 Å². The van der Waals surface area contributed by atoms with Crippen molar-refractivity contribution in [3.8, 4) is 0 Å². The number of Topliss-reactive ketones (excluding diaryl/α,β-unsaturated/α-hetero) is 1. The monoisotopic (exact) mass is 350 g/mol. The summed E-state index contributed by atoms with van der Waals surface area (Å²) in [5.41, 5.74) is 0. The van der Waals surface area contributed by atoms with Crippen molar-refractivity contribution < 1.29 is 21.8 Å². The Morgan fingerprint density at radius 2 is 2.44 bits per heavy atom. The Morgan fingerprint density at radius 1 is 1.78 bits per heavy atom. The van der Waals surface area contributed by atoms with Crippen LogP contribution in [0.1, 0.15) is 19.8 Å². The molecule has 0 rings (SSSR count). The predicted octanol–water partition coefficient (Wildman–Crippen LogP) is -1.17. The number of ketones is 1. The van der Waals surface area contributed by atoms with Crippen molar-refractivity contribution >= 4 is 29.5 Å². The summed E-state index contributed by atoms with van der Waals surface area (Å²) in [4.78, 5) is 10.4. The van der Waals surface area contributed by atoms with Crippen LogP contribution in [-0.2, 0) is 4.79 Å². The molecule has 0 saturated carbocycles. The zero-order valence-electron chi connectivity index (χ0n) is 5.36. The van der Waals surface area contributed by atoms with Crippen molar-refractivity contribution in [2.24, 2.45) is 0 Å². The average molecular weight is 350 g/mol. The van der Waals surface area contributed by atoms with E-state index >= 15 is 0 Å². The number of hydrogen-bond acceptors (Lipinski definition) is 1. The Hall–Kier alpha value is 1.19. The van der Waals surface area contributed by atoms with E-state index in [0.29, 0.717) is 22.8 Å². The standard InChI is InChI=1S/C5H9BI2O/c1-5(9)3-2-4-6-8-7/h2-4H2,1H3/q-1. The molecular weight excluding hydrogens is 341 g/mol. The van der Waals surface area contributed by atoms with Crippen LogP contribution in [0.2, 0.25) is 6.32 Å². The molecule has 0 spiro atoms. The number of carbonyl (C=O) groups excluding carboxylic acids is 1. The van der Waals surface area contributed by atoms with E-state index in [2.05, 4.69) is 23.8 Å². The molecule has 0 aliphatic heterocycles. The first-order valence-corrected chi connectivity index (χ1v) is 10.4. The van der Waals surface area contributed by atoms with Crippen LogP contribution in [-0.4, -0.2) is 10.9 Å². The van der Waals surface area contributed by atoms with E-state index in [4.69, 9.17) is 0 Å². The van der Waals surface area contributed by atoms with E-state index in [9.17, 15) is 4.79 Å². The Morgan fingerprint density at radius 3 is 2.89 bits per heavy atom. The summed E-state index contributed by atoms with van der Waals surface area (Å²) in [6.45, 7) is 1.65. The summed E-state index contributed by atoms with van der Waals surface area (Å²) in [5.74, 6) is 0.315. The van der Waals surface area contributed by atoms with Gasteiger partial charge in [-0.15, -0.1) is 0 Å². The molecule has 0 aliphatic carbocycles. The Balaban J connectivity index is 2.83. The molecule has 0 aromatic rings. The van der Waals surface area contributed by atoms with Gasteiger partial charge in [0.15, 0.2) is 0 Å². The zero-order chi connectivity index (χ0) is 7.11. The number of halogens is 2. The normalized spacial score (nSPS) is 9.56. The third-order valence-electron chi connectivity index (χ3n) is 0.900. The maximum absolute atomic E-state index is 10.4. The van der Waals surface area contributed by atoms with E-state index in [1.807, 2.05) is 0 Å². The second-order valence-corrected chi connectivity index (χ2v) is 6.34. The fourth-order valence-corrected chi connectivity index (χ4v) is 2.72. The van der Waals surface area contributed by atoms with Gasteiger partial charge < -0.3 is 0 Å². The Bertz CT molecular complexity index is 87.0. The Kier molecular flexibility index (Phi) is 8.27. The summed E-state index contributed by atoms with van der Waals surface area (Å²) in [5, 5.41) is 2.31. The molecule has 53 valence electrons. The molecule has 0 atom stereocenters. The molecule has 1 nitrogen and oxygen atoms in total. The van der Waals surface area contributed by atoms with Gasteiger partial charge in [0.05, 0.1) is 0 Å². The van der Waals surface area contributed by atoms with Crippen molar-refractivity contribution in [2.75, 3.05) is 0 Å². The number of rotatable bonds is 5. The van der Waals surface area contributed by atoms with Crippen molar-refractivity contribution in [3.63, 3.8) is 0 Å². The van der Waals surface area contributed by atoms with E-state index in [0.717, 1.165) is 19.2 Å². The van der Waals surface area contributed by atoms with Crippen molar-refractivity contribution in [1.29, 1.82) is 0 Å². The molecular formula is C5H9BI2O-. The van der Waals surface area contributed by atoms with Crippen LogP contribution in [0, 0.1) is 0 Å². The van der Waals surface area contributed by atoms with E-state index in [1.165, 1.54) is 0 Å². The van der Waals surface area contributed by atoms with Gasteiger partial charge in [-0.3, -0.25) is 0 Å². The van der Waals surface area contributed by atoms with Gasteiger partial charge in [-0.1, -0.05) is 0 Å². The minimum absolute atomic E-state index is 0.309. The van der Waals surface area contributed by atoms with Gasteiger partial charge in [-0.2, -0.15) is 0 Å². The summed E-state index contributed by atoms with van der Waals surface area (Å²) < 4.78 is 0. The zero-order valence-corrected chi connectivity index (χ0v) is 9.68. The predicted molar refractivity (Wildman–Crippen MR) is 44.5 cm³/mol. The van der Waals surface area contributed by atoms with Gasteiger partial charge in [0, 0.05) is 0 Å². The molecule has 0 amide bonds. The second-order valence-electron chi connectivity index (χ2n) is 1.83. The molecule has 0 aliphatic rings. The van der Waals surface area contributed by atoms with Crippen LogP contribution in [0.3, 0.4) is 0 Å². The topological polar surface area (TPSA) is 17.1 Å². The van der Waals surface area contributed by atoms with Crippen molar-refractivity contribution in [1.82, 2.24) is 0 Å². The average Bonchev–Trinajstić information content (AvgIpc) is 1.80. The van der Waals surface area contributed by atoms with E-state index in [-0.39, 0.29) is 0 Å². The first-order valence-electron chi connectivity index (χ1n) is 2.83. The number of hydrogen-bond donors (Lipinski definition) is 0. The fourth-order valence-electron chi connectivity index (χ4n) is 0.469. The second kappa shape index (κ2) is 7.30. The van der Waals surface area contributed by atoms with Crippen LogP contribution >= 0.6 is 18.6 Å². The van der Waals surface area contributed by atoms with Crippen molar-refractivity contribution in [3.05, 3.63) is 0 Å². The molecule has 0 heterocycles. The Labute approximate surface area is 76.8 Å². The molecule has 4 heteroatoms.